The molecule has 1 aliphatic rings. The first-order chi connectivity index (χ1) is 5.83. The zero-order valence-corrected chi connectivity index (χ0v) is 7.08. The quantitative estimate of drug-likeness (QED) is 0.348. The monoisotopic (exact) mass is 166 g/mol. The van der Waals surface area contributed by atoms with E-state index in [2.05, 4.69) is 21.9 Å². The van der Waals surface area contributed by atoms with E-state index in [0.717, 1.165) is 18.9 Å². The largest absolute Gasteiger partial charge is 0.387 e. The third kappa shape index (κ3) is 2.74. The van der Waals surface area contributed by atoms with Crippen molar-refractivity contribution < 1.29 is 0 Å². The lowest BCUT2D eigenvalue weighted by molar-refractivity contribution is 0.955. The van der Waals surface area contributed by atoms with Gasteiger partial charge in [0.1, 0.15) is 11.7 Å². The molecule has 3 N–H and O–H groups in total. The summed E-state index contributed by atoms with van der Waals surface area (Å²) in [6.07, 6.45) is 2.35. The minimum Gasteiger partial charge on any atom is -0.387 e. The van der Waals surface area contributed by atoms with Crippen molar-refractivity contribution in [1.82, 2.24) is 5.32 Å². The highest BCUT2D eigenvalue weighted by Crippen LogP contribution is 1.91. The topological polar surface area (TPSA) is 62.8 Å². The van der Waals surface area contributed by atoms with E-state index in [9.17, 15) is 0 Å². The van der Waals surface area contributed by atoms with Crippen molar-refractivity contribution in [2.24, 2.45) is 15.7 Å². The second-order valence-electron chi connectivity index (χ2n) is 2.55. The molecule has 0 fully saturated rings. The molecule has 0 aromatic carbocycles. The summed E-state index contributed by atoms with van der Waals surface area (Å²) in [7, 11) is 0. The van der Waals surface area contributed by atoms with Crippen LogP contribution in [0.2, 0.25) is 0 Å². The van der Waals surface area contributed by atoms with Crippen LogP contribution in [0, 0.1) is 0 Å². The second-order valence-corrected chi connectivity index (χ2v) is 2.55. The lowest BCUT2D eigenvalue weighted by Gasteiger charge is -2.00. The summed E-state index contributed by atoms with van der Waals surface area (Å²) in [4.78, 5) is 8.26. The maximum atomic E-state index is 5.62. The van der Waals surface area contributed by atoms with Gasteiger partial charge in [-0.1, -0.05) is 6.08 Å². The molecule has 0 amide bonds. The molecule has 0 aromatic heterocycles. The van der Waals surface area contributed by atoms with Crippen LogP contribution < -0.4 is 11.1 Å². The number of nitrogens with zero attached hydrogens (tertiary/aromatic N) is 2. The van der Waals surface area contributed by atoms with Crippen LogP contribution in [0.25, 0.3) is 0 Å². The number of nitrogens with two attached hydrogens (primary N) is 1. The fraction of sp³-hybridized carbons (Fsp3) is 0.500. The van der Waals surface area contributed by atoms with Crippen LogP contribution >= 0.6 is 0 Å². The molecule has 12 heavy (non-hydrogen) atoms. The number of amidine groups is 2. The number of rotatable bonds is 4. The van der Waals surface area contributed by atoms with Gasteiger partial charge in [-0.15, -0.1) is 6.58 Å². The third-order valence-corrected chi connectivity index (χ3v) is 1.52. The van der Waals surface area contributed by atoms with E-state index in [4.69, 9.17) is 5.73 Å². The van der Waals surface area contributed by atoms with E-state index < -0.39 is 0 Å². The van der Waals surface area contributed by atoms with Gasteiger partial charge in [0.25, 0.3) is 0 Å². The Kier molecular flexibility index (Phi) is 3.32. The molecule has 0 saturated heterocycles. The summed E-state index contributed by atoms with van der Waals surface area (Å²) in [6, 6.07) is 0. The minimum absolute atomic E-state index is 0.582. The molecule has 1 heterocycles. The molecule has 0 bridgehead atoms. The van der Waals surface area contributed by atoms with Gasteiger partial charge in [0.05, 0.1) is 19.5 Å². The highest BCUT2D eigenvalue weighted by Gasteiger charge is 2.05. The fourth-order valence-corrected chi connectivity index (χ4v) is 0.975. The Morgan fingerprint density at radius 1 is 1.83 bits per heavy atom. The van der Waals surface area contributed by atoms with Gasteiger partial charge in [0.15, 0.2) is 0 Å². The van der Waals surface area contributed by atoms with E-state index in [1.807, 2.05) is 0 Å². The number of hydrogen-bond acceptors (Lipinski definition) is 3. The summed E-state index contributed by atoms with van der Waals surface area (Å²) in [5.41, 5.74) is 5.62. The molecule has 0 aromatic rings. The summed E-state index contributed by atoms with van der Waals surface area (Å²) in [5, 5.41) is 3.13. The maximum absolute atomic E-state index is 5.62. The third-order valence-electron chi connectivity index (χ3n) is 1.52. The van der Waals surface area contributed by atoms with Gasteiger partial charge in [-0.3, -0.25) is 9.98 Å². The summed E-state index contributed by atoms with van der Waals surface area (Å²) in [5.74, 6) is 1.56. The van der Waals surface area contributed by atoms with Gasteiger partial charge in [-0.25, -0.2) is 0 Å². The molecule has 4 heteroatoms. The molecule has 0 spiro atoms. The van der Waals surface area contributed by atoms with Gasteiger partial charge in [0.2, 0.25) is 0 Å². The Hall–Kier alpha value is -1.32. The Morgan fingerprint density at radius 3 is 3.25 bits per heavy atom. The van der Waals surface area contributed by atoms with Crippen LogP contribution in [0.15, 0.2) is 22.6 Å². The number of hydrogen-bond donors (Lipinski definition) is 2. The van der Waals surface area contributed by atoms with Crippen molar-refractivity contribution in [2.45, 2.75) is 6.42 Å². The fourth-order valence-electron chi connectivity index (χ4n) is 0.975. The predicted molar refractivity (Wildman–Crippen MR) is 51.6 cm³/mol. The van der Waals surface area contributed by atoms with Gasteiger partial charge in [-0.05, 0) is 0 Å². The molecule has 66 valence electrons. The van der Waals surface area contributed by atoms with Crippen molar-refractivity contribution in [3.63, 3.8) is 0 Å². The first-order valence-corrected chi connectivity index (χ1v) is 4.00. The van der Waals surface area contributed by atoms with Crippen LogP contribution in [0.5, 0.6) is 0 Å². The standard InChI is InChI=1S/C8H14N4/c1-2-3-10-7(9)6-8-11-4-5-12-8/h2H,1,3-6H2,(H2,9,10)(H,11,12). The summed E-state index contributed by atoms with van der Waals surface area (Å²) in [6.45, 7) is 5.91. The molecule has 0 atom stereocenters. The Morgan fingerprint density at radius 2 is 2.67 bits per heavy atom. The molecule has 1 rings (SSSR count). The van der Waals surface area contributed by atoms with E-state index >= 15 is 0 Å². The Balaban J connectivity index is 2.34. The van der Waals surface area contributed by atoms with Crippen molar-refractivity contribution in [1.29, 1.82) is 0 Å². The molecule has 0 unspecified atom stereocenters. The van der Waals surface area contributed by atoms with Crippen molar-refractivity contribution in [3.05, 3.63) is 12.7 Å². The number of aliphatic imine (C=N–C) groups is 2. The summed E-state index contributed by atoms with van der Waals surface area (Å²) < 4.78 is 0. The molecular formula is C8H14N4. The molecule has 0 aliphatic carbocycles. The van der Waals surface area contributed by atoms with Crippen LogP contribution in [-0.4, -0.2) is 31.3 Å². The zero-order valence-electron chi connectivity index (χ0n) is 7.08. The molecule has 1 aliphatic heterocycles. The average molecular weight is 166 g/mol. The van der Waals surface area contributed by atoms with Crippen LogP contribution in [0.3, 0.4) is 0 Å². The Bertz CT molecular complexity index is 217. The number of nitrogens with one attached hydrogen (secondary N) is 1. The average Bonchev–Trinajstić information content (AvgIpc) is 2.53. The van der Waals surface area contributed by atoms with Gasteiger partial charge >= 0.3 is 0 Å². The first-order valence-electron chi connectivity index (χ1n) is 4.00. The normalized spacial score (nSPS) is 17.0. The zero-order chi connectivity index (χ0) is 8.81. The maximum Gasteiger partial charge on any atom is 0.104 e. The molecular weight excluding hydrogens is 152 g/mol. The van der Waals surface area contributed by atoms with E-state index in [-0.39, 0.29) is 0 Å². The predicted octanol–water partition coefficient (Wildman–Crippen LogP) is -0.0786. The minimum atomic E-state index is 0.582. The van der Waals surface area contributed by atoms with Gasteiger partial charge in [0, 0.05) is 6.54 Å². The van der Waals surface area contributed by atoms with Crippen molar-refractivity contribution in [2.75, 3.05) is 19.6 Å². The summed E-state index contributed by atoms with van der Waals surface area (Å²) >= 11 is 0. The first kappa shape index (κ1) is 8.77. The Labute approximate surface area is 72.3 Å². The van der Waals surface area contributed by atoms with E-state index in [1.54, 1.807) is 6.08 Å². The van der Waals surface area contributed by atoms with E-state index in [1.165, 1.54) is 0 Å². The highest BCUT2D eigenvalue weighted by atomic mass is 15.1. The smallest absolute Gasteiger partial charge is 0.104 e. The van der Waals surface area contributed by atoms with Crippen molar-refractivity contribution in [3.8, 4) is 0 Å². The van der Waals surface area contributed by atoms with Crippen LogP contribution in [0.1, 0.15) is 6.42 Å². The SMILES string of the molecule is C=CCN=C(N)CC1=NCCN1. The second kappa shape index (κ2) is 4.54. The molecule has 4 nitrogen and oxygen atoms in total. The van der Waals surface area contributed by atoms with E-state index in [0.29, 0.717) is 18.8 Å². The lowest BCUT2D eigenvalue weighted by atomic mass is 10.3. The van der Waals surface area contributed by atoms with Gasteiger partial charge in [-0.2, -0.15) is 0 Å². The van der Waals surface area contributed by atoms with Gasteiger partial charge < -0.3 is 11.1 Å². The van der Waals surface area contributed by atoms with Crippen molar-refractivity contribution >= 4 is 11.7 Å². The lowest BCUT2D eigenvalue weighted by Crippen LogP contribution is -2.25. The van der Waals surface area contributed by atoms with Crippen LogP contribution in [0.4, 0.5) is 0 Å². The molecule has 0 saturated carbocycles. The van der Waals surface area contributed by atoms with Crippen LogP contribution in [-0.2, 0) is 0 Å². The molecule has 0 radical (unpaired) electrons. The highest BCUT2D eigenvalue weighted by molar-refractivity contribution is 6.02.